The van der Waals surface area contributed by atoms with E-state index in [2.05, 4.69) is 0 Å². The van der Waals surface area contributed by atoms with Crippen LogP contribution in [0.25, 0.3) is 5.76 Å². The highest BCUT2D eigenvalue weighted by Crippen LogP contribution is 2.21. The molecule has 3 nitrogen and oxygen atoms in total. The Labute approximate surface area is 83.3 Å². The van der Waals surface area contributed by atoms with Gasteiger partial charge in [0.1, 0.15) is 25.6 Å². The minimum atomic E-state index is 0.0526. The molecule has 0 unspecified atom stereocenters. The van der Waals surface area contributed by atoms with Gasteiger partial charge in [0.2, 0.25) is 0 Å². The summed E-state index contributed by atoms with van der Waals surface area (Å²) in [7, 11) is 3.71. The van der Waals surface area contributed by atoms with E-state index in [0.29, 0.717) is 5.56 Å². The lowest BCUT2D eigenvalue weighted by Crippen LogP contribution is -1.96. The Kier molecular flexibility index (Phi) is 3.29. The van der Waals surface area contributed by atoms with Crippen molar-refractivity contribution in [1.82, 2.24) is 0 Å². The molecule has 0 amide bonds. The third kappa shape index (κ3) is 2.62. The summed E-state index contributed by atoms with van der Waals surface area (Å²) in [6.07, 6.45) is 3.25. The first-order valence-electron chi connectivity index (χ1n) is 4.30. The normalized spacial score (nSPS) is 11.1. The van der Waals surface area contributed by atoms with Crippen molar-refractivity contribution < 1.29 is 14.8 Å². The van der Waals surface area contributed by atoms with Crippen LogP contribution in [-0.2, 0) is 0 Å². The molecular formula is C11H14NO2+. The number of aliphatic hydroxyl groups is 1. The zero-order chi connectivity index (χ0) is 10.6. The Morgan fingerprint density at radius 3 is 2.50 bits per heavy atom. The van der Waals surface area contributed by atoms with E-state index in [0.717, 1.165) is 0 Å². The van der Waals surface area contributed by atoms with Gasteiger partial charge >= 0.3 is 0 Å². The van der Waals surface area contributed by atoms with Crippen LogP contribution in [0.1, 0.15) is 5.56 Å². The van der Waals surface area contributed by atoms with Crippen LogP contribution in [0.15, 0.2) is 30.3 Å². The summed E-state index contributed by atoms with van der Waals surface area (Å²) in [5.74, 6) is 0.130. The Balaban J connectivity index is 3.01. The highest BCUT2D eigenvalue weighted by molar-refractivity contribution is 5.80. The van der Waals surface area contributed by atoms with Gasteiger partial charge in [-0.15, -0.1) is 0 Å². The number of nitrogens with zero attached hydrogens (tertiary/aromatic N) is 1. The van der Waals surface area contributed by atoms with E-state index >= 15 is 0 Å². The van der Waals surface area contributed by atoms with Crippen LogP contribution in [0, 0.1) is 0 Å². The first-order valence-corrected chi connectivity index (χ1v) is 4.30. The summed E-state index contributed by atoms with van der Waals surface area (Å²) in [6, 6.07) is 6.66. The van der Waals surface area contributed by atoms with Gasteiger partial charge in [0.05, 0.1) is 5.56 Å². The molecular weight excluding hydrogens is 178 g/mol. The van der Waals surface area contributed by atoms with E-state index in [4.69, 9.17) is 0 Å². The fourth-order valence-corrected chi connectivity index (χ4v) is 1.000. The fourth-order valence-electron chi connectivity index (χ4n) is 1.000. The van der Waals surface area contributed by atoms with Crippen molar-refractivity contribution >= 4 is 12.0 Å². The fraction of sp³-hybridized carbons (Fsp3) is 0.182. The van der Waals surface area contributed by atoms with Gasteiger partial charge < -0.3 is 10.2 Å². The summed E-state index contributed by atoms with van der Waals surface area (Å²) in [6.45, 7) is 0. The standard InChI is InChI=1S/C11H13NO2/c1-12(2)8-7-11(14)9-5-3-4-6-10(9)13/h3-8H,1-2H3,(H,13,14)/p+1. The highest BCUT2D eigenvalue weighted by atomic mass is 16.3. The topological polar surface area (TPSA) is 43.5 Å². The van der Waals surface area contributed by atoms with Crippen LogP contribution in [0.4, 0.5) is 0 Å². The van der Waals surface area contributed by atoms with Gasteiger partial charge in [0.25, 0.3) is 0 Å². The quantitative estimate of drug-likeness (QED) is 0.425. The minimum absolute atomic E-state index is 0.0526. The molecule has 0 saturated heterocycles. The molecule has 3 heteroatoms. The van der Waals surface area contributed by atoms with Gasteiger partial charge in [-0.1, -0.05) is 12.1 Å². The van der Waals surface area contributed by atoms with Gasteiger partial charge in [-0.25, -0.2) is 4.58 Å². The van der Waals surface area contributed by atoms with Crippen molar-refractivity contribution in [1.29, 1.82) is 0 Å². The minimum Gasteiger partial charge on any atom is -0.507 e. The molecule has 0 aliphatic heterocycles. The molecule has 14 heavy (non-hydrogen) atoms. The van der Waals surface area contributed by atoms with E-state index < -0.39 is 0 Å². The number of para-hydroxylation sites is 1. The molecule has 1 rings (SSSR count). The Morgan fingerprint density at radius 2 is 1.93 bits per heavy atom. The third-order valence-corrected chi connectivity index (χ3v) is 1.71. The second-order valence-electron chi connectivity index (χ2n) is 3.18. The number of phenolic OH excluding ortho intramolecular Hbond substituents is 1. The lowest BCUT2D eigenvalue weighted by atomic mass is 10.1. The van der Waals surface area contributed by atoms with E-state index in [1.54, 1.807) is 29.0 Å². The summed E-state index contributed by atoms with van der Waals surface area (Å²) < 4.78 is 1.80. The average Bonchev–Trinajstić information content (AvgIpc) is 2.15. The zero-order valence-electron chi connectivity index (χ0n) is 8.31. The molecule has 2 N–H and O–H groups in total. The molecule has 0 spiro atoms. The number of hydrogen-bond donors (Lipinski definition) is 2. The van der Waals surface area contributed by atoms with Crippen molar-refractivity contribution in [3.63, 3.8) is 0 Å². The molecule has 0 aliphatic carbocycles. The molecule has 0 atom stereocenters. The maximum absolute atomic E-state index is 9.59. The Hall–Kier alpha value is -1.77. The largest absolute Gasteiger partial charge is 0.507 e. The lowest BCUT2D eigenvalue weighted by molar-refractivity contribution is -0.458. The highest BCUT2D eigenvalue weighted by Gasteiger charge is 2.03. The molecule has 0 aromatic heterocycles. The van der Waals surface area contributed by atoms with E-state index in [9.17, 15) is 10.2 Å². The summed E-state index contributed by atoms with van der Waals surface area (Å²) in [5, 5.41) is 19.0. The molecule has 0 bridgehead atoms. The maximum Gasteiger partial charge on any atom is 0.166 e. The summed E-state index contributed by atoms with van der Waals surface area (Å²) >= 11 is 0. The number of aliphatic hydroxyl groups excluding tert-OH is 1. The number of rotatable bonds is 2. The Morgan fingerprint density at radius 1 is 1.29 bits per heavy atom. The predicted octanol–water partition coefficient (Wildman–Crippen LogP) is 1.63. The van der Waals surface area contributed by atoms with Crippen molar-refractivity contribution in [3.8, 4) is 5.75 Å². The van der Waals surface area contributed by atoms with Crippen LogP contribution in [0.5, 0.6) is 5.75 Å². The van der Waals surface area contributed by atoms with Gasteiger partial charge in [-0.05, 0) is 12.1 Å². The van der Waals surface area contributed by atoms with Gasteiger partial charge in [0.15, 0.2) is 6.21 Å². The van der Waals surface area contributed by atoms with Gasteiger partial charge in [-0.3, -0.25) is 0 Å². The summed E-state index contributed by atoms with van der Waals surface area (Å²) in [4.78, 5) is 0. The van der Waals surface area contributed by atoms with E-state index in [1.165, 1.54) is 12.1 Å². The van der Waals surface area contributed by atoms with Crippen LogP contribution in [-0.4, -0.2) is 35.1 Å². The molecule has 1 aromatic carbocycles. The van der Waals surface area contributed by atoms with Crippen molar-refractivity contribution in [2.45, 2.75) is 0 Å². The van der Waals surface area contributed by atoms with Crippen LogP contribution in [0.3, 0.4) is 0 Å². The SMILES string of the molecule is C[N+](C)=C/C=C(\O)c1ccccc1O. The molecule has 0 heterocycles. The Bertz CT molecular complexity index is 377. The molecule has 0 fully saturated rings. The third-order valence-electron chi connectivity index (χ3n) is 1.71. The number of aromatic hydroxyl groups is 1. The number of benzene rings is 1. The summed E-state index contributed by atoms with van der Waals surface area (Å²) in [5.41, 5.74) is 0.436. The van der Waals surface area contributed by atoms with Gasteiger partial charge in [0, 0.05) is 6.08 Å². The molecule has 0 saturated carbocycles. The predicted molar refractivity (Wildman–Crippen MR) is 56.9 cm³/mol. The van der Waals surface area contributed by atoms with E-state index in [1.807, 2.05) is 14.1 Å². The van der Waals surface area contributed by atoms with Gasteiger partial charge in [-0.2, -0.15) is 0 Å². The van der Waals surface area contributed by atoms with E-state index in [-0.39, 0.29) is 11.5 Å². The van der Waals surface area contributed by atoms with Crippen molar-refractivity contribution in [2.24, 2.45) is 0 Å². The van der Waals surface area contributed by atoms with Crippen LogP contribution in [0.2, 0.25) is 0 Å². The van der Waals surface area contributed by atoms with Crippen LogP contribution >= 0.6 is 0 Å². The number of allylic oxidation sites excluding steroid dienone is 1. The first kappa shape index (κ1) is 10.3. The lowest BCUT2D eigenvalue weighted by Gasteiger charge is -2.00. The zero-order valence-corrected chi connectivity index (χ0v) is 8.31. The monoisotopic (exact) mass is 192 g/mol. The maximum atomic E-state index is 9.59. The molecule has 0 radical (unpaired) electrons. The molecule has 74 valence electrons. The first-order chi connectivity index (χ1) is 6.61. The molecule has 0 aliphatic rings. The smallest absolute Gasteiger partial charge is 0.166 e. The number of phenols is 1. The second-order valence-corrected chi connectivity index (χ2v) is 3.18. The van der Waals surface area contributed by atoms with Crippen molar-refractivity contribution in [3.05, 3.63) is 35.9 Å². The van der Waals surface area contributed by atoms with Crippen molar-refractivity contribution in [2.75, 3.05) is 14.1 Å². The molecule has 1 aromatic rings. The second kappa shape index (κ2) is 4.46. The van der Waals surface area contributed by atoms with Crippen LogP contribution < -0.4 is 0 Å². The average molecular weight is 192 g/mol. The number of hydrogen-bond acceptors (Lipinski definition) is 2.